The molecule has 1 aromatic carbocycles. The van der Waals surface area contributed by atoms with Gasteiger partial charge < -0.3 is 10.4 Å². The molecule has 0 fully saturated rings. The summed E-state index contributed by atoms with van der Waals surface area (Å²) in [7, 11) is 0. The highest BCUT2D eigenvalue weighted by Gasteiger charge is 2.31. The van der Waals surface area contributed by atoms with Gasteiger partial charge in [-0.3, -0.25) is 14.9 Å². The molecule has 1 unspecified atom stereocenters. The van der Waals surface area contributed by atoms with Crippen LogP contribution in [0.15, 0.2) is 18.2 Å². The lowest BCUT2D eigenvalue weighted by atomic mass is 9.87. The highest BCUT2D eigenvalue weighted by molar-refractivity contribution is 5.75. The zero-order valence-corrected chi connectivity index (χ0v) is 11.2. The summed E-state index contributed by atoms with van der Waals surface area (Å²) in [6, 6.07) is 5.84. The van der Waals surface area contributed by atoms with Gasteiger partial charge in [-0.15, -0.1) is 0 Å². The number of carboxylic acid groups (broad SMARTS) is 1. The van der Waals surface area contributed by atoms with E-state index in [1.54, 1.807) is 13.8 Å². The number of carbonyl (C=O) groups is 1. The SMILES string of the molecule is CCC(C)(CNc1ccc(C#N)cc1[N+](=O)[O-])C(=O)O. The van der Waals surface area contributed by atoms with E-state index in [0.717, 1.165) is 6.07 Å². The Morgan fingerprint density at radius 3 is 2.70 bits per heavy atom. The maximum atomic E-state index is 11.2. The summed E-state index contributed by atoms with van der Waals surface area (Å²) < 4.78 is 0. The first kappa shape index (κ1) is 15.4. The van der Waals surface area contributed by atoms with E-state index in [0.29, 0.717) is 6.42 Å². The van der Waals surface area contributed by atoms with E-state index in [-0.39, 0.29) is 23.5 Å². The van der Waals surface area contributed by atoms with Crippen molar-refractivity contribution in [3.05, 3.63) is 33.9 Å². The fourth-order valence-electron chi connectivity index (χ4n) is 1.54. The fraction of sp³-hybridized carbons (Fsp3) is 0.385. The van der Waals surface area contributed by atoms with E-state index in [1.165, 1.54) is 12.1 Å². The van der Waals surface area contributed by atoms with Crippen LogP contribution in [0.5, 0.6) is 0 Å². The summed E-state index contributed by atoms with van der Waals surface area (Å²) in [6.45, 7) is 3.37. The third kappa shape index (κ3) is 3.23. The smallest absolute Gasteiger partial charge is 0.311 e. The molecule has 0 radical (unpaired) electrons. The Morgan fingerprint density at radius 1 is 1.60 bits per heavy atom. The van der Waals surface area contributed by atoms with Crippen LogP contribution >= 0.6 is 0 Å². The van der Waals surface area contributed by atoms with Crippen molar-refractivity contribution in [2.45, 2.75) is 20.3 Å². The van der Waals surface area contributed by atoms with Crippen LogP contribution < -0.4 is 5.32 Å². The van der Waals surface area contributed by atoms with E-state index >= 15 is 0 Å². The van der Waals surface area contributed by atoms with Gasteiger partial charge in [0, 0.05) is 12.6 Å². The van der Waals surface area contributed by atoms with Crippen LogP contribution in [0.25, 0.3) is 0 Å². The van der Waals surface area contributed by atoms with Gasteiger partial charge in [0.2, 0.25) is 0 Å². The lowest BCUT2D eigenvalue weighted by Crippen LogP contribution is -2.34. The van der Waals surface area contributed by atoms with Gasteiger partial charge in [-0.25, -0.2) is 0 Å². The average Bonchev–Trinajstić information content (AvgIpc) is 2.44. The Balaban J connectivity index is 3.02. The zero-order valence-electron chi connectivity index (χ0n) is 11.2. The lowest BCUT2D eigenvalue weighted by Gasteiger charge is -2.23. The summed E-state index contributed by atoms with van der Waals surface area (Å²) >= 11 is 0. The number of aliphatic carboxylic acids is 1. The van der Waals surface area contributed by atoms with Gasteiger partial charge in [0.05, 0.1) is 22.0 Å². The Kier molecular flexibility index (Phi) is 4.64. The largest absolute Gasteiger partial charge is 0.481 e. The van der Waals surface area contributed by atoms with Crippen molar-refractivity contribution in [2.24, 2.45) is 5.41 Å². The second-order valence-corrected chi connectivity index (χ2v) is 4.67. The van der Waals surface area contributed by atoms with Gasteiger partial charge >= 0.3 is 5.97 Å². The van der Waals surface area contributed by atoms with E-state index < -0.39 is 16.3 Å². The van der Waals surface area contributed by atoms with Crippen molar-refractivity contribution in [3.8, 4) is 6.07 Å². The first-order valence-corrected chi connectivity index (χ1v) is 6.00. The normalized spacial score (nSPS) is 13.1. The number of hydrogen-bond acceptors (Lipinski definition) is 5. The van der Waals surface area contributed by atoms with Crippen LogP contribution in [-0.4, -0.2) is 22.5 Å². The van der Waals surface area contributed by atoms with Crippen LogP contribution in [-0.2, 0) is 4.79 Å². The number of nitrogens with one attached hydrogen (secondary N) is 1. The number of anilines is 1. The summed E-state index contributed by atoms with van der Waals surface area (Å²) in [5.41, 5.74) is -0.872. The van der Waals surface area contributed by atoms with Crippen molar-refractivity contribution in [2.75, 3.05) is 11.9 Å². The Hall–Kier alpha value is -2.62. The van der Waals surface area contributed by atoms with Crippen molar-refractivity contribution in [3.63, 3.8) is 0 Å². The maximum absolute atomic E-state index is 11.2. The standard InChI is InChI=1S/C13H15N3O4/c1-3-13(2,12(17)18)8-15-10-5-4-9(7-14)6-11(10)16(19)20/h4-6,15H,3,8H2,1-2H3,(H,17,18). The molecule has 0 aliphatic carbocycles. The number of hydrogen-bond donors (Lipinski definition) is 2. The van der Waals surface area contributed by atoms with E-state index in [9.17, 15) is 14.9 Å². The Labute approximate surface area is 116 Å². The Morgan fingerprint density at radius 2 is 2.25 bits per heavy atom. The number of nitro groups is 1. The number of carboxylic acids is 1. The summed E-state index contributed by atoms with van der Waals surface area (Å²) in [5.74, 6) is -0.969. The first-order valence-electron chi connectivity index (χ1n) is 6.00. The monoisotopic (exact) mass is 277 g/mol. The molecule has 0 amide bonds. The van der Waals surface area contributed by atoms with Gasteiger partial charge in [-0.2, -0.15) is 5.26 Å². The second kappa shape index (κ2) is 6.02. The minimum absolute atomic E-state index is 0.0611. The molecule has 1 atom stereocenters. The topological polar surface area (TPSA) is 116 Å². The lowest BCUT2D eigenvalue weighted by molar-refractivity contribution is -0.384. The molecule has 0 spiro atoms. The van der Waals surface area contributed by atoms with Crippen LogP contribution in [0.4, 0.5) is 11.4 Å². The molecule has 0 heterocycles. The minimum atomic E-state index is -1.01. The number of rotatable bonds is 6. The van der Waals surface area contributed by atoms with E-state index in [2.05, 4.69) is 5.32 Å². The van der Waals surface area contributed by atoms with Crippen LogP contribution in [0, 0.1) is 26.9 Å². The molecule has 0 aromatic heterocycles. The molecule has 1 rings (SSSR count). The number of nitriles is 1. The van der Waals surface area contributed by atoms with Gasteiger partial charge in [0.15, 0.2) is 0 Å². The highest BCUT2D eigenvalue weighted by atomic mass is 16.6. The summed E-state index contributed by atoms with van der Waals surface area (Å²) in [6.07, 6.45) is 0.388. The summed E-state index contributed by atoms with van der Waals surface area (Å²) in [5, 5.41) is 31.6. The molecule has 7 heteroatoms. The van der Waals surface area contributed by atoms with Gasteiger partial charge in [0.25, 0.3) is 5.69 Å². The average molecular weight is 277 g/mol. The molecule has 20 heavy (non-hydrogen) atoms. The van der Waals surface area contributed by atoms with Crippen molar-refractivity contribution in [1.29, 1.82) is 5.26 Å². The Bertz CT molecular complexity index is 579. The quantitative estimate of drug-likeness (QED) is 0.609. The molecule has 0 saturated carbocycles. The molecule has 0 aliphatic rings. The number of nitrogens with zero attached hydrogens (tertiary/aromatic N) is 2. The van der Waals surface area contributed by atoms with Crippen LogP contribution in [0.1, 0.15) is 25.8 Å². The molecule has 0 saturated heterocycles. The van der Waals surface area contributed by atoms with Crippen LogP contribution in [0.2, 0.25) is 0 Å². The van der Waals surface area contributed by atoms with E-state index in [4.69, 9.17) is 10.4 Å². The molecular weight excluding hydrogens is 262 g/mol. The highest BCUT2D eigenvalue weighted by Crippen LogP contribution is 2.28. The van der Waals surface area contributed by atoms with E-state index in [1.807, 2.05) is 6.07 Å². The predicted octanol–water partition coefficient (Wildman–Crippen LogP) is 2.38. The van der Waals surface area contributed by atoms with Gasteiger partial charge in [0.1, 0.15) is 5.69 Å². The minimum Gasteiger partial charge on any atom is -0.481 e. The molecule has 2 N–H and O–H groups in total. The van der Waals surface area contributed by atoms with Crippen molar-refractivity contribution in [1.82, 2.24) is 0 Å². The van der Waals surface area contributed by atoms with Crippen LogP contribution in [0.3, 0.4) is 0 Å². The summed E-state index contributed by atoms with van der Waals surface area (Å²) in [4.78, 5) is 21.5. The molecule has 0 bridgehead atoms. The molecule has 106 valence electrons. The van der Waals surface area contributed by atoms with Crippen molar-refractivity contribution < 1.29 is 14.8 Å². The fourth-order valence-corrected chi connectivity index (χ4v) is 1.54. The third-order valence-electron chi connectivity index (χ3n) is 3.29. The number of nitro benzene ring substituents is 1. The molecule has 0 aliphatic heterocycles. The zero-order chi connectivity index (χ0) is 15.3. The molecule has 1 aromatic rings. The first-order chi connectivity index (χ1) is 9.34. The van der Waals surface area contributed by atoms with Gasteiger partial charge in [-0.05, 0) is 25.5 Å². The van der Waals surface area contributed by atoms with Gasteiger partial charge in [-0.1, -0.05) is 6.92 Å². The predicted molar refractivity (Wildman–Crippen MR) is 72.3 cm³/mol. The third-order valence-corrected chi connectivity index (χ3v) is 3.29. The molecule has 7 nitrogen and oxygen atoms in total. The second-order valence-electron chi connectivity index (χ2n) is 4.67. The molecular formula is C13H15N3O4. The number of benzene rings is 1. The van der Waals surface area contributed by atoms with Crippen molar-refractivity contribution >= 4 is 17.3 Å². The maximum Gasteiger partial charge on any atom is 0.311 e.